The first kappa shape index (κ1) is 21.2. The number of amides is 2. The predicted molar refractivity (Wildman–Crippen MR) is 111 cm³/mol. The third kappa shape index (κ3) is 5.50. The summed E-state index contributed by atoms with van der Waals surface area (Å²) in [6, 6.07) is 8.19. The van der Waals surface area contributed by atoms with Crippen molar-refractivity contribution in [2.45, 2.75) is 44.3 Å². The van der Waals surface area contributed by atoms with Crippen LogP contribution in [0.4, 0.5) is 4.79 Å². The highest BCUT2D eigenvalue weighted by Gasteiger charge is 2.24. The monoisotopic (exact) mass is 417 g/mol. The highest BCUT2D eigenvalue weighted by molar-refractivity contribution is 7.99. The van der Waals surface area contributed by atoms with Crippen molar-refractivity contribution in [1.29, 1.82) is 0 Å². The molecule has 3 rings (SSSR count). The molecule has 0 unspecified atom stereocenters. The van der Waals surface area contributed by atoms with Crippen LogP contribution in [0.5, 0.6) is 0 Å². The molecule has 0 saturated carbocycles. The van der Waals surface area contributed by atoms with Crippen LogP contribution in [0.15, 0.2) is 35.7 Å². The Kier molecular flexibility index (Phi) is 7.51. The zero-order valence-corrected chi connectivity index (χ0v) is 17.7. The van der Waals surface area contributed by atoms with Crippen LogP contribution < -0.4 is 5.32 Å². The SMILES string of the molecule is CCOC(=O)N1CCC(NC(=O)CSc2nncn2-c2ccccc2CC)CC1. The second-order valence-corrected chi connectivity index (χ2v) is 7.72. The summed E-state index contributed by atoms with van der Waals surface area (Å²) in [5, 5.41) is 11.9. The first-order chi connectivity index (χ1) is 14.1. The fraction of sp³-hybridized carbons (Fsp3) is 0.500. The number of aromatic nitrogens is 3. The summed E-state index contributed by atoms with van der Waals surface area (Å²) < 4.78 is 6.95. The average molecular weight is 418 g/mol. The van der Waals surface area contributed by atoms with E-state index in [4.69, 9.17) is 4.74 Å². The van der Waals surface area contributed by atoms with Crippen LogP contribution in [0.25, 0.3) is 5.69 Å². The number of nitrogens with zero attached hydrogens (tertiary/aromatic N) is 4. The molecule has 1 aromatic carbocycles. The van der Waals surface area contributed by atoms with Crippen molar-refractivity contribution in [2.24, 2.45) is 0 Å². The zero-order valence-electron chi connectivity index (χ0n) is 16.8. The van der Waals surface area contributed by atoms with Gasteiger partial charge in [0.1, 0.15) is 6.33 Å². The van der Waals surface area contributed by atoms with Crippen LogP contribution in [0.3, 0.4) is 0 Å². The summed E-state index contributed by atoms with van der Waals surface area (Å²) >= 11 is 1.37. The maximum atomic E-state index is 12.4. The fourth-order valence-electron chi connectivity index (χ4n) is 3.35. The molecule has 1 saturated heterocycles. The van der Waals surface area contributed by atoms with Crippen molar-refractivity contribution in [3.05, 3.63) is 36.2 Å². The molecule has 29 heavy (non-hydrogen) atoms. The van der Waals surface area contributed by atoms with Crippen molar-refractivity contribution < 1.29 is 14.3 Å². The van der Waals surface area contributed by atoms with E-state index in [-0.39, 0.29) is 23.8 Å². The molecule has 8 nitrogen and oxygen atoms in total. The Morgan fingerprint density at radius 2 is 2.00 bits per heavy atom. The number of para-hydroxylation sites is 1. The molecule has 1 aromatic heterocycles. The lowest BCUT2D eigenvalue weighted by molar-refractivity contribution is -0.119. The van der Waals surface area contributed by atoms with Gasteiger partial charge in [-0.15, -0.1) is 10.2 Å². The molecule has 9 heteroatoms. The van der Waals surface area contributed by atoms with E-state index in [0.717, 1.165) is 24.9 Å². The maximum absolute atomic E-state index is 12.4. The lowest BCUT2D eigenvalue weighted by atomic mass is 10.1. The number of benzene rings is 1. The maximum Gasteiger partial charge on any atom is 0.409 e. The Labute approximate surface area is 175 Å². The number of nitrogens with one attached hydrogen (secondary N) is 1. The van der Waals surface area contributed by atoms with E-state index in [9.17, 15) is 9.59 Å². The molecule has 1 aliphatic rings. The predicted octanol–water partition coefficient (Wildman–Crippen LogP) is 2.66. The Bertz CT molecular complexity index is 833. The normalized spacial score (nSPS) is 14.6. The summed E-state index contributed by atoms with van der Waals surface area (Å²) in [5.41, 5.74) is 2.24. The first-order valence-corrected chi connectivity index (χ1v) is 10.9. The largest absolute Gasteiger partial charge is 0.450 e. The molecule has 1 fully saturated rings. The van der Waals surface area contributed by atoms with Gasteiger partial charge in [-0.25, -0.2) is 4.79 Å². The van der Waals surface area contributed by atoms with Gasteiger partial charge in [-0.3, -0.25) is 9.36 Å². The van der Waals surface area contributed by atoms with Crippen LogP contribution >= 0.6 is 11.8 Å². The number of hydrogen-bond donors (Lipinski definition) is 1. The average Bonchev–Trinajstić information content (AvgIpc) is 3.21. The number of ether oxygens (including phenoxy) is 1. The van der Waals surface area contributed by atoms with Gasteiger partial charge in [-0.05, 0) is 37.8 Å². The zero-order chi connectivity index (χ0) is 20.6. The van der Waals surface area contributed by atoms with Crippen molar-refractivity contribution >= 4 is 23.8 Å². The number of likely N-dealkylation sites (tertiary alicyclic amines) is 1. The van der Waals surface area contributed by atoms with Crippen molar-refractivity contribution in [3.8, 4) is 5.69 Å². The molecule has 1 aliphatic heterocycles. The minimum atomic E-state index is -0.278. The number of carbonyl (C=O) groups excluding carboxylic acids is 2. The van der Waals surface area contributed by atoms with Gasteiger partial charge >= 0.3 is 6.09 Å². The fourth-order valence-corrected chi connectivity index (χ4v) is 4.09. The molecule has 2 aromatic rings. The molecule has 0 aliphatic carbocycles. The standard InChI is InChI=1S/C20H27N5O3S/c1-3-15-7-5-6-8-17(15)25-14-21-23-19(25)29-13-18(26)22-16-9-11-24(12-10-16)20(27)28-4-2/h5-8,14,16H,3-4,9-13H2,1-2H3,(H,22,26). The summed E-state index contributed by atoms with van der Waals surface area (Å²) in [4.78, 5) is 25.8. The second-order valence-electron chi connectivity index (χ2n) is 6.78. The van der Waals surface area contributed by atoms with Crippen LogP contribution in [-0.4, -0.2) is 63.2 Å². The molecule has 1 N–H and O–H groups in total. The van der Waals surface area contributed by atoms with E-state index < -0.39 is 0 Å². The lowest BCUT2D eigenvalue weighted by Gasteiger charge is -2.31. The Balaban J connectivity index is 1.50. The van der Waals surface area contributed by atoms with Crippen LogP contribution in [0.2, 0.25) is 0 Å². The van der Waals surface area contributed by atoms with Gasteiger partial charge in [0.25, 0.3) is 0 Å². The molecule has 0 bridgehead atoms. The van der Waals surface area contributed by atoms with E-state index >= 15 is 0 Å². The van der Waals surface area contributed by atoms with Gasteiger partial charge in [-0.2, -0.15) is 0 Å². The summed E-state index contributed by atoms with van der Waals surface area (Å²) in [5.74, 6) is 0.230. The number of thioether (sulfide) groups is 1. The van der Waals surface area contributed by atoms with Crippen molar-refractivity contribution in [3.63, 3.8) is 0 Å². The van der Waals surface area contributed by atoms with Crippen molar-refractivity contribution in [2.75, 3.05) is 25.4 Å². The van der Waals surface area contributed by atoms with Crippen LogP contribution in [0.1, 0.15) is 32.3 Å². The molecule has 0 atom stereocenters. The Hall–Kier alpha value is -2.55. The number of piperidine rings is 1. The topological polar surface area (TPSA) is 89.3 Å². The highest BCUT2D eigenvalue weighted by atomic mass is 32.2. The van der Waals surface area contributed by atoms with E-state index in [1.54, 1.807) is 18.2 Å². The van der Waals surface area contributed by atoms with E-state index in [1.807, 2.05) is 22.8 Å². The molecule has 2 heterocycles. The van der Waals surface area contributed by atoms with E-state index in [2.05, 4.69) is 28.5 Å². The number of carbonyl (C=O) groups is 2. The smallest absolute Gasteiger partial charge is 0.409 e. The molecule has 0 radical (unpaired) electrons. The minimum absolute atomic E-state index is 0.0390. The van der Waals surface area contributed by atoms with Gasteiger partial charge in [0.05, 0.1) is 18.0 Å². The molecule has 156 valence electrons. The Morgan fingerprint density at radius 3 is 2.72 bits per heavy atom. The van der Waals surface area contributed by atoms with Gasteiger partial charge in [0, 0.05) is 19.1 Å². The third-order valence-corrected chi connectivity index (χ3v) is 5.81. The minimum Gasteiger partial charge on any atom is -0.450 e. The van der Waals surface area contributed by atoms with Crippen LogP contribution in [0, 0.1) is 0 Å². The number of hydrogen-bond acceptors (Lipinski definition) is 6. The first-order valence-electron chi connectivity index (χ1n) is 9.94. The van der Waals surface area contributed by atoms with Gasteiger partial charge in [-0.1, -0.05) is 36.9 Å². The van der Waals surface area contributed by atoms with Gasteiger partial charge in [0.15, 0.2) is 5.16 Å². The number of aryl methyl sites for hydroxylation is 1. The number of rotatable bonds is 7. The van der Waals surface area contributed by atoms with Crippen molar-refractivity contribution in [1.82, 2.24) is 25.0 Å². The summed E-state index contributed by atoms with van der Waals surface area (Å²) in [6.07, 6.45) is 3.77. The highest BCUT2D eigenvalue weighted by Crippen LogP contribution is 2.22. The van der Waals surface area contributed by atoms with E-state index in [1.165, 1.54) is 17.3 Å². The molecule has 0 spiro atoms. The second kappa shape index (κ2) is 10.3. The third-order valence-electron chi connectivity index (χ3n) is 4.87. The van der Waals surface area contributed by atoms with Gasteiger partial charge in [0.2, 0.25) is 5.91 Å². The summed E-state index contributed by atoms with van der Waals surface area (Å²) in [6.45, 7) is 5.47. The lowest BCUT2D eigenvalue weighted by Crippen LogP contribution is -2.47. The summed E-state index contributed by atoms with van der Waals surface area (Å²) in [7, 11) is 0. The Morgan fingerprint density at radius 1 is 1.24 bits per heavy atom. The molecular weight excluding hydrogens is 390 g/mol. The quantitative estimate of drug-likeness (QED) is 0.697. The van der Waals surface area contributed by atoms with E-state index in [0.29, 0.717) is 24.9 Å². The molecular formula is C20H27N5O3S. The van der Waals surface area contributed by atoms with Crippen LogP contribution in [-0.2, 0) is 16.0 Å². The van der Waals surface area contributed by atoms with Gasteiger partial charge < -0.3 is 15.0 Å². The molecule has 2 amide bonds.